The summed E-state index contributed by atoms with van der Waals surface area (Å²) in [4.78, 5) is 11.2. The molecule has 0 bridgehead atoms. The number of hydrogen-bond acceptors (Lipinski definition) is 2. The number of rotatable bonds is 4. The Hall–Kier alpha value is -1.57. The molecule has 1 aromatic carbocycles. The summed E-state index contributed by atoms with van der Waals surface area (Å²) >= 11 is 0. The first-order valence-electron chi connectivity index (χ1n) is 5.30. The smallest absolute Gasteiger partial charge is 0.330 e. The molecule has 1 rings (SSSR count). The maximum atomic E-state index is 11.2. The van der Waals surface area contributed by atoms with E-state index in [4.69, 9.17) is 4.74 Å². The molecular formula is C14H16O2. The minimum absolute atomic E-state index is 0.210. The molecule has 0 atom stereocenters. The standard InChI is InChI=1S/C14H16O2/c1-4-16-13(15)10-11-14(2,3)12-8-6-5-7-9-12/h6,8-11H,4H2,1-3H3/b11-10+. The van der Waals surface area contributed by atoms with Gasteiger partial charge in [0.15, 0.2) is 0 Å². The molecule has 0 spiro atoms. The van der Waals surface area contributed by atoms with Gasteiger partial charge in [-0.15, -0.1) is 0 Å². The van der Waals surface area contributed by atoms with Gasteiger partial charge in [-0.2, -0.15) is 0 Å². The zero-order valence-corrected chi connectivity index (χ0v) is 9.91. The number of hydrogen-bond donors (Lipinski definition) is 0. The van der Waals surface area contributed by atoms with E-state index in [2.05, 4.69) is 12.1 Å². The molecule has 1 aromatic rings. The number of allylic oxidation sites excluding steroid dienone is 1. The summed E-state index contributed by atoms with van der Waals surface area (Å²) < 4.78 is 4.83. The Labute approximate surface area is 96.9 Å². The number of carbonyl (C=O) groups is 1. The predicted octanol–water partition coefficient (Wildman–Crippen LogP) is 2.68. The monoisotopic (exact) mass is 216 g/mol. The second kappa shape index (κ2) is 5.50. The number of carbonyl (C=O) groups excluding carboxylic acids is 1. The van der Waals surface area contributed by atoms with Crippen LogP contribution in [0, 0.1) is 12.1 Å². The van der Waals surface area contributed by atoms with Gasteiger partial charge in [-0.3, -0.25) is 0 Å². The van der Waals surface area contributed by atoms with Crippen molar-refractivity contribution in [3.63, 3.8) is 0 Å². The second-order valence-corrected chi connectivity index (χ2v) is 4.03. The Balaban J connectivity index is 2.76. The Morgan fingerprint density at radius 2 is 2.25 bits per heavy atom. The third-order valence-corrected chi connectivity index (χ3v) is 2.32. The third kappa shape index (κ3) is 3.54. The van der Waals surface area contributed by atoms with Gasteiger partial charge in [0.25, 0.3) is 0 Å². The molecule has 0 saturated carbocycles. The van der Waals surface area contributed by atoms with E-state index in [0.29, 0.717) is 6.61 Å². The lowest BCUT2D eigenvalue weighted by molar-refractivity contribution is -0.137. The molecular weight excluding hydrogens is 200 g/mol. The van der Waals surface area contributed by atoms with Crippen LogP contribution in [0.3, 0.4) is 0 Å². The minimum atomic E-state index is -0.304. The summed E-state index contributed by atoms with van der Waals surface area (Å²) in [6, 6.07) is 11.4. The van der Waals surface area contributed by atoms with E-state index in [1.165, 1.54) is 6.08 Å². The van der Waals surface area contributed by atoms with Gasteiger partial charge in [0.05, 0.1) is 6.61 Å². The third-order valence-electron chi connectivity index (χ3n) is 2.32. The van der Waals surface area contributed by atoms with Crippen LogP contribution in [-0.4, -0.2) is 12.6 Å². The number of esters is 1. The lowest BCUT2D eigenvalue weighted by Gasteiger charge is -2.20. The van der Waals surface area contributed by atoms with E-state index in [0.717, 1.165) is 5.56 Å². The van der Waals surface area contributed by atoms with Gasteiger partial charge in [0.2, 0.25) is 0 Å². The van der Waals surface area contributed by atoms with Gasteiger partial charge in [0.1, 0.15) is 0 Å². The summed E-state index contributed by atoms with van der Waals surface area (Å²) in [7, 11) is 0. The lowest BCUT2D eigenvalue weighted by Crippen LogP contribution is -2.14. The van der Waals surface area contributed by atoms with Crippen molar-refractivity contribution in [3.05, 3.63) is 48.0 Å². The average molecular weight is 216 g/mol. The Bertz CT molecular complexity index is 364. The molecule has 2 nitrogen and oxygen atoms in total. The van der Waals surface area contributed by atoms with Crippen molar-refractivity contribution < 1.29 is 9.53 Å². The fourth-order valence-corrected chi connectivity index (χ4v) is 1.31. The van der Waals surface area contributed by atoms with E-state index in [1.54, 1.807) is 6.92 Å². The van der Waals surface area contributed by atoms with Crippen molar-refractivity contribution in [1.29, 1.82) is 0 Å². The lowest BCUT2D eigenvalue weighted by atomic mass is 9.84. The quantitative estimate of drug-likeness (QED) is 0.571. The Morgan fingerprint density at radius 1 is 1.50 bits per heavy atom. The van der Waals surface area contributed by atoms with E-state index in [1.807, 2.05) is 38.1 Å². The van der Waals surface area contributed by atoms with Crippen molar-refractivity contribution in [1.82, 2.24) is 0 Å². The van der Waals surface area contributed by atoms with Gasteiger partial charge in [-0.05, 0) is 30.7 Å². The molecule has 0 heterocycles. The molecule has 2 heteroatoms. The Kier molecular flexibility index (Phi) is 4.29. The summed E-state index contributed by atoms with van der Waals surface area (Å²) in [5.74, 6) is -0.304. The van der Waals surface area contributed by atoms with Crippen LogP contribution < -0.4 is 0 Å². The molecule has 0 unspecified atom stereocenters. The highest BCUT2D eigenvalue weighted by atomic mass is 16.5. The maximum Gasteiger partial charge on any atom is 0.330 e. The molecule has 2 radical (unpaired) electrons. The topological polar surface area (TPSA) is 26.3 Å². The number of ether oxygens (including phenoxy) is 1. The van der Waals surface area contributed by atoms with Crippen LogP contribution in [0.5, 0.6) is 0 Å². The highest BCUT2D eigenvalue weighted by molar-refractivity contribution is 5.82. The summed E-state index contributed by atoms with van der Waals surface area (Å²) in [5, 5.41) is 0. The van der Waals surface area contributed by atoms with Crippen molar-refractivity contribution in [3.8, 4) is 0 Å². The second-order valence-electron chi connectivity index (χ2n) is 4.03. The Morgan fingerprint density at radius 3 is 2.81 bits per heavy atom. The first-order valence-corrected chi connectivity index (χ1v) is 5.30. The largest absolute Gasteiger partial charge is 0.463 e. The van der Waals surface area contributed by atoms with E-state index < -0.39 is 0 Å². The minimum Gasteiger partial charge on any atom is -0.463 e. The predicted molar refractivity (Wildman–Crippen MR) is 62.9 cm³/mol. The van der Waals surface area contributed by atoms with Crippen LogP contribution in [0.2, 0.25) is 0 Å². The molecule has 0 aliphatic heterocycles. The molecule has 16 heavy (non-hydrogen) atoms. The van der Waals surface area contributed by atoms with Crippen LogP contribution in [-0.2, 0) is 14.9 Å². The normalized spacial score (nSPS) is 11.7. The van der Waals surface area contributed by atoms with Crippen molar-refractivity contribution in [2.45, 2.75) is 26.2 Å². The van der Waals surface area contributed by atoms with Gasteiger partial charge >= 0.3 is 5.97 Å². The van der Waals surface area contributed by atoms with Crippen molar-refractivity contribution in [2.24, 2.45) is 0 Å². The van der Waals surface area contributed by atoms with Gasteiger partial charge in [0, 0.05) is 11.5 Å². The molecule has 84 valence electrons. The summed E-state index contributed by atoms with van der Waals surface area (Å²) in [6.07, 6.45) is 3.31. The zero-order chi connectivity index (χ0) is 12.0. The first-order chi connectivity index (χ1) is 7.56. The molecule has 0 fully saturated rings. The molecule has 0 saturated heterocycles. The van der Waals surface area contributed by atoms with Crippen LogP contribution in [0.25, 0.3) is 0 Å². The number of benzene rings is 1. The first kappa shape index (κ1) is 12.5. The highest BCUT2D eigenvalue weighted by Crippen LogP contribution is 2.23. The maximum absolute atomic E-state index is 11.2. The van der Waals surface area contributed by atoms with Crippen LogP contribution in [0.1, 0.15) is 26.3 Å². The van der Waals surface area contributed by atoms with Gasteiger partial charge in [-0.1, -0.05) is 32.1 Å². The van der Waals surface area contributed by atoms with Gasteiger partial charge < -0.3 is 4.74 Å². The van der Waals surface area contributed by atoms with Crippen molar-refractivity contribution in [2.75, 3.05) is 6.61 Å². The zero-order valence-electron chi connectivity index (χ0n) is 9.91. The molecule has 0 N–H and O–H groups in total. The highest BCUT2D eigenvalue weighted by Gasteiger charge is 2.16. The SMILES string of the molecule is CCOC(=O)/C=C/C(C)(C)c1c[c][c]cc1. The average Bonchev–Trinajstić information content (AvgIpc) is 2.28. The van der Waals surface area contributed by atoms with Crippen LogP contribution >= 0.6 is 0 Å². The van der Waals surface area contributed by atoms with E-state index >= 15 is 0 Å². The summed E-state index contributed by atoms with van der Waals surface area (Å²) in [6.45, 7) is 6.26. The van der Waals surface area contributed by atoms with Crippen LogP contribution in [0.15, 0.2) is 30.4 Å². The van der Waals surface area contributed by atoms with Crippen LogP contribution in [0.4, 0.5) is 0 Å². The molecule has 0 amide bonds. The van der Waals surface area contributed by atoms with E-state index in [-0.39, 0.29) is 11.4 Å². The molecule has 0 aliphatic rings. The molecule has 0 aliphatic carbocycles. The van der Waals surface area contributed by atoms with Crippen molar-refractivity contribution >= 4 is 5.97 Å². The summed E-state index contributed by atoms with van der Waals surface area (Å²) in [5.41, 5.74) is 0.880. The van der Waals surface area contributed by atoms with E-state index in [9.17, 15) is 4.79 Å². The van der Waals surface area contributed by atoms with Gasteiger partial charge in [-0.25, -0.2) is 4.79 Å². The molecule has 0 aromatic heterocycles. The fraction of sp³-hybridized carbons (Fsp3) is 0.357. The fourth-order valence-electron chi connectivity index (χ4n) is 1.31.